The molecule has 0 aromatic heterocycles. The number of rotatable bonds is 10. The second-order valence-electron chi connectivity index (χ2n) is 5.99. The van der Waals surface area contributed by atoms with Crippen LogP contribution in [0.5, 0.6) is 0 Å². The molecule has 30 heavy (non-hydrogen) atoms. The van der Waals surface area contributed by atoms with Gasteiger partial charge in [0.25, 0.3) is 0 Å². The summed E-state index contributed by atoms with van der Waals surface area (Å²) >= 11 is 0. The van der Waals surface area contributed by atoms with Crippen LogP contribution in [-0.4, -0.2) is 58.9 Å². The molecule has 1 aromatic rings. The summed E-state index contributed by atoms with van der Waals surface area (Å²) in [6.45, 7) is 0.0871. The molecule has 0 saturated carbocycles. The Labute approximate surface area is 171 Å². The zero-order valence-electron chi connectivity index (χ0n) is 15.9. The summed E-state index contributed by atoms with van der Waals surface area (Å²) in [5.41, 5.74) is 0.522. The van der Waals surface area contributed by atoms with Crippen molar-refractivity contribution in [3.8, 4) is 0 Å². The van der Waals surface area contributed by atoms with Crippen molar-refractivity contribution in [2.75, 3.05) is 23.7 Å². The molecule has 1 rings (SSSR count). The number of carbonyl (C=O) groups excluding carboxylic acids is 4. The van der Waals surface area contributed by atoms with E-state index in [1.165, 1.54) is 24.3 Å². The highest BCUT2D eigenvalue weighted by molar-refractivity contribution is 6.40. The molecule has 12 nitrogen and oxygen atoms in total. The minimum Gasteiger partial charge on any atom is -0.481 e. The minimum absolute atomic E-state index is 0.0435. The lowest BCUT2D eigenvalue weighted by atomic mass is 10.2. The van der Waals surface area contributed by atoms with Crippen molar-refractivity contribution in [3.63, 3.8) is 0 Å². The number of benzene rings is 1. The zero-order chi connectivity index (χ0) is 22.5. The highest BCUT2D eigenvalue weighted by Gasteiger charge is 2.15. The second kappa shape index (κ2) is 12.5. The molecule has 4 amide bonds. The molecule has 0 spiro atoms. The van der Waals surface area contributed by atoms with Gasteiger partial charge in [-0.1, -0.05) is 0 Å². The molecule has 0 atom stereocenters. The van der Waals surface area contributed by atoms with Crippen molar-refractivity contribution in [1.82, 2.24) is 10.6 Å². The summed E-state index contributed by atoms with van der Waals surface area (Å²) in [6.07, 6.45) is 0.122. The van der Waals surface area contributed by atoms with E-state index in [0.717, 1.165) is 0 Å². The molecule has 12 heteroatoms. The van der Waals surface area contributed by atoms with E-state index in [1.54, 1.807) is 0 Å². The SMILES string of the molecule is O=C(O)CCCNC(=O)C(=O)Nc1ccc(NC(=O)C(=O)NCCCC(=O)O)cc1. The van der Waals surface area contributed by atoms with Crippen LogP contribution in [0.3, 0.4) is 0 Å². The highest BCUT2D eigenvalue weighted by atomic mass is 16.4. The number of amides is 4. The average molecular weight is 422 g/mol. The molecular formula is C18H22N4O8. The molecule has 6 N–H and O–H groups in total. The number of hydrogen-bond donors (Lipinski definition) is 6. The van der Waals surface area contributed by atoms with Crippen LogP contribution < -0.4 is 21.3 Å². The Morgan fingerprint density at radius 2 is 0.933 bits per heavy atom. The van der Waals surface area contributed by atoms with E-state index in [-0.39, 0.29) is 50.1 Å². The Kier molecular flexibility index (Phi) is 10.0. The predicted octanol–water partition coefficient (Wildman–Crippen LogP) is -0.474. The van der Waals surface area contributed by atoms with E-state index < -0.39 is 35.6 Å². The van der Waals surface area contributed by atoms with Gasteiger partial charge >= 0.3 is 35.6 Å². The van der Waals surface area contributed by atoms with Crippen LogP contribution in [0.25, 0.3) is 0 Å². The third-order valence-corrected chi connectivity index (χ3v) is 3.52. The average Bonchev–Trinajstić information content (AvgIpc) is 2.69. The molecule has 0 aliphatic rings. The van der Waals surface area contributed by atoms with Crippen molar-refractivity contribution in [2.45, 2.75) is 25.7 Å². The Morgan fingerprint density at radius 1 is 0.600 bits per heavy atom. The van der Waals surface area contributed by atoms with Crippen molar-refractivity contribution < 1.29 is 39.0 Å². The first-order valence-corrected chi connectivity index (χ1v) is 8.91. The summed E-state index contributed by atoms with van der Waals surface area (Å²) in [5, 5.41) is 26.2. The largest absolute Gasteiger partial charge is 0.481 e. The molecule has 0 heterocycles. The zero-order valence-corrected chi connectivity index (χ0v) is 15.9. The maximum absolute atomic E-state index is 11.8. The molecule has 0 fully saturated rings. The Balaban J connectivity index is 2.41. The van der Waals surface area contributed by atoms with Crippen molar-refractivity contribution >= 4 is 46.9 Å². The molecule has 0 unspecified atom stereocenters. The summed E-state index contributed by atoms with van der Waals surface area (Å²) < 4.78 is 0. The van der Waals surface area contributed by atoms with Crippen molar-refractivity contribution in [2.24, 2.45) is 0 Å². The fourth-order valence-corrected chi connectivity index (χ4v) is 2.06. The fourth-order valence-electron chi connectivity index (χ4n) is 2.06. The van der Waals surface area contributed by atoms with Gasteiger partial charge in [-0.25, -0.2) is 0 Å². The molecule has 0 aliphatic carbocycles. The smallest absolute Gasteiger partial charge is 0.313 e. The van der Waals surface area contributed by atoms with Crippen LogP contribution in [0, 0.1) is 0 Å². The molecule has 0 bridgehead atoms. The van der Waals surface area contributed by atoms with Crippen LogP contribution in [0.4, 0.5) is 11.4 Å². The summed E-state index contributed by atoms with van der Waals surface area (Å²) in [4.78, 5) is 67.5. The van der Waals surface area contributed by atoms with Gasteiger partial charge in [0.05, 0.1) is 0 Å². The van der Waals surface area contributed by atoms with Crippen LogP contribution in [0.2, 0.25) is 0 Å². The molecule has 1 aromatic carbocycles. The molecule has 0 saturated heterocycles. The lowest BCUT2D eigenvalue weighted by Crippen LogP contribution is -2.36. The van der Waals surface area contributed by atoms with Crippen LogP contribution in [-0.2, 0) is 28.8 Å². The van der Waals surface area contributed by atoms with Crippen LogP contribution in [0.15, 0.2) is 24.3 Å². The monoisotopic (exact) mass is 422 g/mol. The first-order chi connectivity index (χ1) is 14.2. The van der Waals surface area contributed by atoms with Gasteiger partial charge < -0.3 is 31.5 Å². The number of carboxylic acids is 2. The number of hydrogen-bond acceptors (Lipinski definition) is 6. The fraction of sp³-hybridized carbons (Fsp3) is 0.333. The highest BCUT2D eigenvalue weighted by Crippen LogP contribution is 2.13. The molecule has 162 valence electrons. The van der Waals surface area contributed by atoms with Crippen LogP contribution >= 0.6 is 0 Å². The Bertz CT molecular complexity index is 740. The summed E-state index contributed by atoms with van der Waals surface area (Å²) in [7, 11) is 0. The number of carboxylic acid groups (broad SMARTS) is 2. The van der Waals surface area contributed by atoms with Gasteiger partial charge in [0.15, 0.2) is 0 Å². The van der Waals surface area contributed by atoms with Gasteiger partial charge in [0.2, 0.25) is 0 Å². The maximum atomic E-state index is 11.8. The van der Waals surface area contributed by atoms with E-state index >= 15 is 0 Å². The van der Waals surface area contributed by atoms with E-state index in [4.69, 9.17) is 10.2 Å². The number of aliphatic carboxylic acids is 2. The quantitative estimate of drug-likeness (QED) is 0.215. The van der Waals surface area contributed by atoms with Crippen LogP contribution in [0.1, 0.15) is 25.7 Å². The van der Waals surface area contributed by atoms with Gasteiger partial charge in [-0.2, -0.15) is 0 Å². The third-order valence-electron chi connectivity index (χ3n) is 3.52. The lowest BCUT2D eigenvalue weighted by Gasteiger charge is -2.08. The third kappa shape index (κ3) is 9.82. The second-order valence-corrected chi connectivity index (χ2v) is 5.99. The normalized spacial score (nSPS) is 9.87. The summed E-state index contributed by atoms with van der Waals surface area (Å²) in [5.74, 6) is -5.73. The summed E-state index contributed by atoms with van der Waals surface area (Å²) in [6, 6.07) is 5.60. The van der Waals surface area contributed by atoms with E-state index in [2.05, 4.69) is 21.3 Å². The minimum atomic E-state index is -1.00. The number of carbonyl (C=O) groups is 6. The Morgan fingerprint density at radius 3 is 1.23 bits per heavy atom. The van der Waals surface area contributed by atoms with Gasteiger partial charge in [0, 0.05) is 37.3 Å². The van der Waals surface area contributed by atoms with Crippen molar-refractivity contribution in [3.05, 3.63) is 24.3 Å². The Hall–Kier alpha value is -3.96. The van der Waals surface area contributed by atoms with E-state index in [0.29, 0.717) is 0 Å². The number of nitrogens with one attached hydrogen (secondary N) is 4. The van der Waals surface area contributed by atoms with Gasteiger partial charge in [-0.3, -0.25) is 28.8 Å². The van der Waals surface area contributed by atoms with Gasteiger partial charge in [-0.05, 0) is 37.1 Å². The van der Waals surface area contributed by atoms with E-state index in [9.17, 15) is 28.8 Å². The lowest BCUT2D eigenvalue weighted by molar-refractivity contribution is -0.138. The predicted molar refractivity (Wildman–Crippen MR) is 103 cm³/mol. The van der Waals surface area contributed by atoms with E-state index in [1.807, 2.05) is 0 Å². The topological polar surface area (TPSA) is 191 Å². The standard InChI is InChI=1S/C18H22N4O8/c23-13(24)3-1-9-19-15(27)17(29)21-11-5-7-12(8-6-11)22-18(30)16(28)20-10-2-4-14(25)26/h5-8H,1-4,9-10H2,(H,19,27)(H,20,28)(H,21,29)(H,22,30)(H,23,24)(H,25,26). The first-order valence-electron chi connectivity index (χ1n) is 8.91. The first kappa shape index (κ1) is 24.1. The number of anilines is 2. The van der Waals surface area contributed by atoms with Gasteiger partial charge in [-0.15, -0.1) is 0 Å². The molecule has 0 aliphatic heterocycles. The molecular weight excluding hydrogens is 400 g/mol. The van der Waals surface area contributed by atoms with Crippen molar-refractivity contribution in [1.29, 1.82) is 0 Å². The van der Waals surface area contributed by atoms with Gasteiger partial charge in [0.1, 0.15) is 0 Å². The molecule has 0 radical (unpaired) electrons. The maximum Gasteiger partial charge on any atom is 0.313 e.